The molecule has 26 heavy (non-hydrogen) atoms. The van der Waals surface area contributed by atoms with Crippen molar-refractivity contribution in [1.82, 2.24) is 14.7 Å². The maximum absolute atomic E-state index is 12.8. The van der Waals surface area contributed by atoms with Crippen molar-refractivity contribution >= 4 is 11.8 Å². The van der Waals surface area contributed by atoms with Crippen LogP contribution in [-0.4, -0.2) is 79.4 Å². The Morgan fingerprint density at radius 2 is 1.73 bits per heavy atom. The van der Waals surface area contributed by atoms with Crippen molar-refractivity contribution in [2.24, 2.45) is 0 Å². The third kappa shape index (κ3) is 4.83. The Kier molecular flexibility index (Phi) is 6.63. The van der Waals surface area contributed by atoms with E-state index in [1.165, 1.54) is 0 Å². The highest BCUT2D eigenvalue weighted by molar-refractivity contribution is 5.94. The topological polar surface area (TPSA) is 53.1 Å². The molecule has 2 heterocycles. The van der Waals surface area contributed by atoms with Crippen LogP contribution in [0, 0.1) is 0 Å². The molecule has 0 spiro atoms. The first-order chi connectivity index (χ1) is 12.7. The number of hydrogen-bond acceptors (Lipinski definition) is 4. The molecule has 1 aromatic rings. The maximum atomic E-state index is 12.8. The van der Waals surface area contributed by atoms with E-state index in [1.54, 1.807) is 7.11 Å². The van der Waals surface area contributed by atoms with Gasteiger partial charge in [0.15, 0.2) is 0 Å². The molecule has 2 amide bonds. The van der Waals surface area contributed by atoms with Crippen LogP contribution in [0.5, 0.6) is 0 Å². The van der Waals surface area contributed by atoms with E-state index in [9.17, 15) is 9.59 Å². The average molecular weight is 359 g/mol. The molecule has 0 N–H and O–H groups in total. The zero-order valence-corrected chi connectivity index (χ0v) is 15.7. The van der Waals surface area contributed by atoms with E-state index in [4.69, 9.17) is 4.74 Å². The average Bonchev–Trinajstić information content (AvgIpc) is 3.09. The Hall–Kier alpha value is -1.92. The molecule has 0 atom stereocenters. The van der Waals surface area contributed by atoms with Crippen LogP contribution in [0.3, 0.4) is 0 Å². The lowest BCUT2D eigenvalue weighted by Crippen LogP contribution is -2.41. The van der Waals surface area contributed by atoms with Crippen LogP contribution < -0.4 is 0 Å². The monoisotopic (exact) mass is 359 g/mol. The van der Waals surface area contributed by atoms with Gasteiger partial charge in [-0.1, -0.05) is 12.1 Å². The SMILES string of the molecule is COCc1cccc(C(=O)N2CCCN(CC(=O)N3CCCC3)CC2)c1. The van der Waals surface area contributed by atoms with Crippen molar-refractivity contribution in [3.05, 3.63) is 35.4 Å². The minimum atomic E-state index is 0.0654. The third-order valence-electron chi connectivity index (χ3n) is 5.18. The second-order valence-corrected chi connectivity index (χ2v) is 7.14. The quantitative estimate of drug-likeness (QED) is 0.801. The molecule has 0 saturated carbocycles. The molecule has 6 nitrogen and oxygen atoms in total. The number of rotatable bonds is 5. The largest absolute Gasteiger partial charge is 0.380 e. The molecule has 0 bridgehead atoms. The number of hydrogen-bond donors (Lipinski definition) is 0. The van der Waals surface area contributed by atoms with Crippen molar-refractivity contribution in [2.45, 2.75) is 25.9 Å². The predicted molar refractivity (Wildman–Crippen MR) is 99.9 cm³/mol. The van der Waals surface area contributed by atoms with E-state index in [2.05, 4.69) is 4.90 Å². The third-order valence-corrected chi connectivity index (χ3v) is 5.18. The lowest BCUT2D eigenvalue weighted by Gasteiger charge is -2.24. The highest BCUT2D eigenvalue weighted by Crippen LogP contribution is 2.13. The van der Waals surface area contributed by atoms with E-state index in [0.717, 1.165) is 57.5 Å². The molecule has 2 aliphatic rings. The van der Waals surface area contributed by atoms with Crippen LogP contribution in [0.2, 0.25) is 0 Å². The van der Waals surface area contributed by atoms with Crippen LogP contribution in [0.15, 0.2) is 24.3 Å². The summed E-state index contributed by atoms with van der Waals surface area (Å²) in [5.41, 5.74) is 1.71. The zero-order valence-electron chi connectivity index (χ0n) is 15.7. The van der Waals surface area contributed by atoms with E-state index < -0.39 is 0 Å². The predicted octanol–water partition coefficient (Wildman–Crippen LogP) is 1.60. The first kappa shape index (κ1) is 18.9. The van der Waals surface area contributed by atoms with Gasteiger partial charge in [-0.15, -0.1) is 0 Å². The van der Waals surface area contributed by atoms with Gasteiger partial charge in [0.25, 0.3) is 5.91 Å². The number of carbonyl (C=O) groups excluding carboxylic acids is 2. The van der Waals surface area contributed by atoms with Crippen molar-refractivity contribution in [3.8, 4) is 0 Å². The first-order valence-electron chi connectivity index (χ1n) is 9.54. The lowest BCUT2D eigenvalue weighted by molar-refractivity contribution is -0.131. The first-order valence-corrected chi connectivity index (χ1v) is 9.54. The molecule has 0 unspecified atom stereocenters. The molecule has 0 aromatic heterocycles. The standard InChI is InChI=1S/C20H29N3O3/c1-26-16-17-6-4-7-18(14-17)20(25)23-11-5-8-21(12-13-23)15-19(24)22-9-2-3-10-22/h4,6-7,14H,2-3,5,8-13,15-16H2,1H3. The lowest BCUT2D eigenvalue weighted by atomic mass is 10.1. The summed E-state index contributed by atoms with van der Waals surface area (Å²) in [7, 11) is 1.65. The summed E-state index contributed by atoms with van der Waals surface area (Å²) in [6, 6.07) is 7.64. The van der Waals surface area contributed by atoms with E-state index >= 15 is 0 Å². The second kappa shape index (κ2) is 9.14. The van der Waals surface area contributed by atoms with Crippen molar-refractivity contribution in [1.29, 1.82) is 0 Å². The minimum absolute atomic E-state index is 0.0654. The summed E-state index contributed by atoms with van der Waals surface area (Å²) in [5.74, 6) is 0.296. The van der Waals surface area contributed by atoms with Crippen molar-refractivity contribution < 1.29 is 14.3 Å². The van der Waals surface area contributed by atoms with Gasteiger partial charge in [0.05, 0.1) is 13.2 Å². The number of amides is 2. The Bertz CT molecular complexity index is 628. The van der Waals surface area contributed by atoms with Crippen molar-refractivity contribution in [3.63, 3.8) is 0 Å². The molecular weight excluding hydrogens is 330 g/mol. The summed E-state index contributed by atoms with van der Waals surface area (Å²) in [6.45, 7) is 5.81. The summed E-state index contributed by atoms with van der Waals surface area (Å²) in [5, 5.41) is 0. The minimum Gasteiger partial charge on any atom is -0.380 e. The molecule has 1 aromatic carbocycles. The van der Waals surface area contributed by atoms with Crippen molar-refractivity contribution in [2.75, 3.05) is 52.9 Å². The fourth-order valence-corrected chi connectivity index (χ4v) is 3.73. The Balaban J connectivity index is 1.55. The van der Waals surface area contributed by atoms with Gasteiger partial charge in [0.1, 0.15) is 0 Å². The van der Waals surface area contributed by atoms with Crippen LogP contribution in [0.1, 0.15) is 35.2 Å². The van der Waals surface area contributed by atoms with Gasteiger partial charge in [-0.3, -0.25) is 14.5 Å². The summed E-state index contributed by atoms with van der Waals surface area (Å²) >= 11 is 0. The van der Waals surface area contributed by atoms with Gasteiger partial charge < -0.3 is 14.5 Å². The second-order valence-electron chi connectivity index (χ2n) is 7.14. The smallest absolute Gasteiger partial charge is 0.253 e. The Morgan fingerprint density at radius 3 is 2.50 bits per heavy atom. The molecule has 0 aliphatic carbocycles. The normalized spacial score (nSPS) is 18.8. The van der Waals surface area contributed by atoms with Gasteiger partial charge in [-0.25, -0.2) is 0 Å². The molecule has 3 rings (SSSR count). The summed E-state index contributed by atoms with van der Waals surface area (Å²) in [6.07, 6.45) is 3.14. The van der Waals surface area contributed by atoms with Crippen LogP contribution in [-0.2, 0) is 16.1 Å². The number of ether oxygens (including phenoxy) is 1. The fourth-order valence-electron chi connectivity index (χ4n) is 3.73. The zero-order chi connectivity index (χ0) is 18.4. The van der Waals surface area contributed by atoms with Gasteiger partial charge >= 0.3 is 0 Å². The molecule has 2 aliphatic heterocycles. The number of methoxy groups -OCH3 is 1. The van der Waals surface area contributed by atoms with Gasteiger partial charge in [-0.05, 0) is 37.0 Å². The van der Waals surface area contributed by atoms with E-state index in [1.807, 2.05) is 34.1 Å². The van der Waals surface area contributed by atoms with Gasteiger partial charge in [0.2, 0.25) is 5.91 Å². The van der Waals surface area contributed by atoms with Crippen LogP contribution in [0.4, 0.5) is 0 Å². The highest BCUT2D eigenvalue weighted by atomic mass is 16.5. The number of nitrogens with zero attached hydrogens (tertiary/aromatic N) is 3. The highest BCUT2D eigenvalue weighted by Gasteiger charge is 2.24. The van der Waals surface area contributed by atoms with E-state index in [0.29, 0.717) is 25.3 Å². The summed E-state index contributed by atoms with van der Waals surface area (Å²) < 4.78 is 5.15. The molecule has 6 heteroatoms. The molecule has 142 valence electrons. The Labute approximate surface area is 155 Å². The van der Waals surface area contributed by atoms with Gasteiger partial charge in [-0.2, -0.15) is 0 Å². The van der Waals surface area contributed by atoms with Crippen LogP contribution >= 0.6 is 0 Å². The maximum Gasteiger partial charge on any atom is 0.253 e. The number of benzene rings is 1. The Morgan fingerprint density at radius 1 is 0.962 bits per heavy atom. The molecule has 2 fully saturated rings. The fraction of sp³-hybridized carbons (Fsp3) is 0.600. The van der Waals surface area contributed by atoms with Crippen LogP contribution in [0.25, 0.3) is 0 Å². The van der Waals surface area contributed by atoms with E-state index in [-0.39, 0.29) is 11.8 Å². The molecule has 2 saturated heterocycles. The molecular formula is C20H29N3O3. The van der Waals surface area contributed by atoms with Gasteiger partial charge in [0, 0.05) is 51.9 Å². The number of likely N-dealkylation sites (tertiary alicyclic amines) is 1. The molecule has 0 radical (unpaired) electrons. The number of carbonyl (C=O) groups is 2. The summed E-state index contributed by atoms with van der Waals surface area (Å²) in [4.78, 5) is 31.3.